The number of nitrogens with one attached hydrogen (secondary N) is 1. The van der Waals surface area contributed by atoms with Crippen LogP contribution in [-0.2, 0) is 6.54 Å². The summed E-state index contributed by atoms with van der Waals surface area (Å²) in [7, 11) is 2.14. The molecule has 0 spiro atoms. The molecule has 0 atom stereocenters. The predicted molar refractivity (Wildman–Crippen MR) is 76.9 cm³/mol. The predicted octanol–water partition coefficient (Wildman–Crippen LogP) is 2.73. The van der Waals surface area contributed by atoms with E-state index >= 15 is 0 Å². The van der Waals surface area contributed by atoms with Gasteiger partial charge in [0.05, 0.1) is 0 Å². The molecule has 0 aliphatic heterocycles. The van der Waals surface area contributed by atoms with Gasteiger partial charge in [-0.1, -0.05) is 19.9 Å². The standard InChI is InChI=1S/C15H25N3/c1-11(2)16-9-14-7-8-15(17-12(14)3)18(4)10-13-5-6-13/h7-8,11,13,16H,5-6,9-10H2,1-4H3. The summed E-state index contributed by atoms with van der Waals surface area (Å²) < 4.78 is 0. The molecule has 0 saturated heterocycles. The van der Waals surface area contributed by atoms with E-state index in [1.807, 2.05) is 0 Å². The fourth-order valence-corrected chi connectivity index (χ4v) is 2.07. The minimum Gasteiger partial charge on any atom is -0.359 e. The zero-order chi connectivity index (χ0) is 13.1. The summed E-state index contributed by atoms with van der Waals surface area (Å²) in [5.74, 6) is 2.01. The summed E-state index contributed by atoms with van der Waals surface area (Å²) in [6.07, 6.45) is 2.78. The Morgan fingerprint density at radius 2 is 2.11 bits per heavy atom. The van der Waals surface area contributed by atoms with Gasteiger partial charge in [0.15, 0.2) is 0 Å². The van der Waals surface area contributed by atoms with Crippen LogP contribution in [0.1, 0.15) is 37.9 Å². The summed E-state index contributed by atoms with van der Waals surface area (Å²) >= 11 is 0. The van der Waals surface area contributed by atoms with Crippen molar-refractivity contribution in [2.24, 2.45) is 5.92 Å². The summed E-state index contributed by atoms with van der Waals surface area (Å²) in [4.78, 5) is 7.00. The molecule has 0 radical (unpaired) electrons. The molecule has 0 aromatic carbocycles. The first-order valence-electron chi connectivity index (χ1n) is 6.97. The number of nitrogens with zero attached hydrogens (tertiary/aromatic N) is 2. The SMILES string of the molecule is Cc1nc(N(C)CC2CC2)ccc1CNC(C)C. The van der Waals surface area contributed by atoms with Crippen molar-refractivity contribution >= 4 is 5.82 Å². The molecule has 0 amide bonds. The topological polar surface area (TPSA) is 28.2 Å². The number of pyridine rings is 1. The molecule has 0 unspecified atom stereocenters. The third-order valence-corrected chi connectivity index (χ3v) is 3.50. The highest BCUT2D eigenvalue weighted by atomic mass is 15.2. The Morgan fingerprint density at radius 1 is 1.39 bits per heavy atom. The molecule has 3 nitrogen and oxygen atoms in total. The third-order valence-electron chi connectivity index (χ3n) is 3.50. The van der Waals surface area contributed by atoms with Crippen LogP contribution in [-0.4, -0.2) is 24.6 Å². The summed E-state index contributed by atoms with van der Waals surface area (Å²) in [5, 5.41) is 3.44. The monoisotopic (exact) mass is 247 g/mol. The van der Waals surface area contributed by atoms with Gasteiger partial charge >= 0.3 is 0 Å². The average molecular weight is 247 g/mol. The lowest BCUT2D eigenvalue weighted by molar-refractivity contribution is 0.586. The van der Waals surface area contributed by atoms with E-state index in [0.717, 1.165) is 30.5 Å². The fourth-order valence-electron chi connectivity index (χ4n) is 2.07. The number of hydrogen-bond donors (Lipinski definition) is 1. The highest BCUT2D eigenvalue weighted by Gasteiger charge is 2.23. The number of aromatic nitrogens is 1. The Hall–Kier alpha value is -1.09. The molecule has 1 aromatic rings. The van der Waals surface area contributed by atoms with Crippen molar-refractivity contribution in [3.05, 3.63) is 23.4 Å². The van der Waals surface area contributed by atoms with E-state index in [2.05, 4.69) is 50.2 Å². The first-order valence-corrected chi connectivity index (χ1v) is 6.97. The van der Waals surface area contributed by atoms with Crippen molar-refractivity contribution < 1.29 is 0 Å². The van der Waals surface area contributed by atoms with Gasteiger partial charge in [0.2, 0.25) is 0 Å². The summed E-state index contributed by atoms with van der Waals surface area (Å²) in [6.45, 7) is 8.49. The Bertz CT molecular complexity index is 397. The normalized spacial score (nSPS) is 15.2. The van der Waals surface area contributed by atoms with E-state index in [0.29, 0.717) is 6.04 Å². The molecule has 3 heteroatoms. The molecule has 2 rings (SSSR count). The zero-order valence-electron chi connectivity index (χ0n) is 12.0. The molecular formula is C15H25N3. The molecular weight excluding hydrogens is 222 g/mol. The second kappa shape index (κ2) is 5.70. The smallest absolute Gasteiger partial charge is 0.128 e. The van der Waals surface area contributed by atoms with Gasteiger partial charge in [0.25, 0.3) is 0 Å². The maximum Gasteiger partial charge on any atom is 0.128 e. The molecule has 100 valence electrons. The van der Waals surface area contributed by atoms with Crippen LogP contribution in [0.25, 0.3) is 0 Å². The average Bonchev–Trinajstić information content (AvgIpc) is 3.11. The maximum atomic E-state index is 4.72. The molecule has 1 heterocycles. The first kappa shape index (κ1) is 13.3. The second-order valence-corrected chi connectivity index (χ2v) is 5.77. The maximum absolute atomic E-state index is 4.72. The minimum absolute atomic E-state index is 0.515. The van der Waals surface area contributed by atoms with Crippen LogP contribution in [0.15, 0.2) is 12.1 Å². The Labute approximate surface area is 111 Å². The number of anilines is 1. The molecule has 1 aliphatic carbocycles. The Balaban J connectivity index is 1.98. The van der Waals surface area contributed by atoms with Gasteiger partial charge < -0.3 is 10.2 Å². The van der Waals surface area contributed by atoms with Crippen molar-refractivity contribution in [1.29, 1.82) is 0 Å². The van der Waals surface area contributed by atoms with Crippen molar-refractivity contribution in [1.82, 2.24) is 10.3 Å². The molecule has 18 heavy (non-hydrogen) atoms. The zero-order valence-corrected chi connectivity index (χ0v) is 12.0. The second-order valence-electron chi connectivity index (χ2n) is 5.77. The molecule has 1 aromatic heterocycles. The number of aryl methyl sites for hydroxylation is 1. The quantitative estimate of drug-likeness (QED) is 0.838. The first-order chi connectivity index (χ1) is 8.56. The van der Waals surface area contributed by atoms with E-state index in [1.54, 1.807) is 0 Å². The Kier molecular flexibility index (Phi) is 4.23. The van der Waals surface area contributed by atoms with E-state index in [4.69, 9.17) is 4.98 Å². The lowest BCUT2D eigenvalue weighted by Crippen LogP contribution is -2.24. The molecule has 1 aliphatic rings. The molecule has 1 saturated carbocycles. The Morgan fingerprint density at radius 3 is 2.67 bits per heavy atom. The highest BCUT2D eigenvalue weighted by Crippen LogP contribution is 2.30. The van der Waals surface area contributed by atoms with E-state index in [1.165, 1.54) is 18.4 Å². The highest BCUT2D eigenvalue weighted by molar-refractivity contribution is 5.41. The van der Waals surface area contributed by atoms with Crippen LogP contribution < -0.4 is 10.2 Å². The van der Waals surface area contributed by atoms with Crippen molar-refractivity contribution in [2.75, 3.05) is 18.5 Å². The van der Waals surface area contributed by atoms with E-state index < -0.39 is 0 Å². The molecule has 0 bridgehead atoms. The van der Waals surface area contributed by atoms with Gasteiger partial charge in [-0.3, -0.25) is 0 Å². The van der Waals surface area contributed by atoms with Gasteiger partial charge in [0, 0.05) is 31.9 Å². The minimum atomic E-state index is 0.515. The lowest BCUT2D eigenvalue weighted by Gasteiger charge is -2.19. The van der Waals surface area contributed by atoms with Crippen molar-refractivity contribution in [2.45, 2.75) is 46.2 Å². The van der Waals surface area contributed by atoms with Crippen molar-refractivity contribution in [3.63, 3.8) is 0 Å². The van der Waals surface area contributed by atoms with Gasteiger partial charge in [-0.25, -0.2) is 4.98 Å². The lowest BCUT2D eigenvalue weighted by atomic mass is 10.2. The van der Waals surface area contributed by atoms with Crippen LogP contribution in [0, 0.1) is 12.8 Å². The fraction of sp³-hybridized carbons (Fsp3) is 0.667. The largest absolute Gasteiger partial charge is 0.359 e. The van der Waals surface area contributed by atoms with Crippen LogP contribution >= 0.6 is 0 Å². The van der Waals surface area contributed by atoms with E-state index in [9.17, 15) is 0 Å². The van der Waals surface area contributed by atoms with E-state index in [-0.39, 0.29) is 0 Å². The number of rotatable bonds is 6. The van der Waals surface area contributed by atoms with Crippen LogP contribution in [0.3, 0.4) is 0 Å². The van der Waals surface area contributed by atoms with Gasteiger partial charge in [-0.05, 0) is 37.3 Å². The van der Waals surface area contributed by atoms with Crippen molar-refractivity contribution in [3.8, 4) is 0 Å². The third kappa shape index (κ3) is 3.70. The van der Waals surface area contributed by atoms with Crippen LogP contribution in [0.2, 0.25) is 0 Å². The molecule has 1 N–H and O–H groups in total. The van der Waals surface area contributed by atoms with Crippen LogP contribution in [0.4, 0.5) is 5.82 Å². The van der Waals surface area contributed by atoms with Gasteiger partial charge in [-0.2, -0.15) is 0 Å². The molecule has 1 fully saturated rings. The summed E-state index contributed by atoms with van der Waals surface area (Å²) in [5.41, 5.74) is 2.44. The van der Waals surface area contributed by atoms with Gasteiger partial charge in [0.1, 0.15) is 5.82 Å². The van der Waals surface area contributed by atoms with Gasteiger partial charge in [-0.15, -0.1) is 0 Å². The summed E-state index contributed by atoms with van der Waals surface area (Å²) in [6, 6.07) is 4.87. The number of hydrogen-bond acceptors (Lipinski definition) is 3. The van der Waals surface area contributed by atoms with Crippen LogP contribution in [0.5, 0.6) is 0 Å².